The smallest absolute Gasteiger partial charge is 0.0406 e. The lowest BCUT2D eigenvalue weighted by Gasteiger charge is -2.57. The molecule has 20 heavy (non-hydrogen) atoms. The molecule has 1 spiro atoms. The molecule has 2 unspecified atom stereocenters. The average molecular weight is 310 g/mol. The van der Waals surface area contributed by atoms with E-state index in [0.717, 1.165) is 18.1 Å². The first-order valence-electron chi connectivity index (χ1n) is 7.59. The molecule has 2 heterocycles. The van der Waals surface area contributed by atoms with Crippen LogP contribution in [0.4, 0.5) is 0 Å². The number of nitrogens with one attached hydrogen (secondary N) is 1. The highest BCUT2D eigenvalue weighted by molar-refractivity contribution is 7.99. The second kappa shape index (κ2) is 5.55. The van der Waals surface area contributed by atoms with E-state index in [4.69, 9.17) is 11.6 Å². The summed E-state index contributed by atoms with van der Waals surface area (Å²) in [5, 5.41) is 4.45. The Morgan fingerprint density at radius 3 is 2.65 bits per heavy atom. The topological polar surface area (TPSA) is 12.0 Å². The molecule has 1 N–H and O–H groups in total. The molecule has 1 aromatic rings. The molecule has 2 aliphatic heterocycles. The van der Waals surface area contributed by atoms with Gasteiger partial charge in [-0.05, 0) is 53.7 Å². The van der Waals surface area contributed by atoms with Gasteiger partial charge in [-0.2, -0.15) is 11.8 Å². The van der Waals surface area contributed by atoms with Crippen molar-refractivity contribution in [2.24, 2.45) is 10.8 Å². The number of piperidine rings is 1. The summed E-state index contributed by atoms with van der Waals surface area (Å²) in [6, 6.07) is 8.55. The largest absolute Gasteiger partial charge is 0.316 e. The number of hydrogen-bond donors (Lipinski definition) is 1. The van der Waals surface area contributed by atoms with Crippen molar-refractivity contribution in [3.63, 3.8) is 0 Å². The molecule has 2 fully saturated rings. The lowest BCUT2D eigenvalue weighted by atomic mass is 9.54. The molecule has 0 amide bonds. The van der Waals surface area contributed by atoms with E-state index in [-0.39, 0.29) is 0 Å². The van der Waals surface area contributed by atoms with Crippen molar-refractivity contribution in [2.75, 3.05) is 24.6 Å². The highest BCUT2D eigenvalue weighted by Gasteiger charge is 2.52. The molecule has 2 saturated heterocycles. The molecule has 0 saturated carbocycles. The molecule has 2 aliphatic rings. The monoisotopic (exact) mass is 309 g/mol. The zero-order valence-corrected chi connectivity index (χ0v) is 14.0. The number of rotatable bonds is 1. The van der Waals surface area contributed by atoms with Crippen molar-refractivity contribution < 1.29 is 0 Å². The van der Waals surface area contributed by atoms with E-state index in [1.807, 2.05) is 12.1 Å². The lowest BCUT2D eigenvalue weighted by Crippen LogP contribution is -2.54. The van der Waals surface area contributed by atoms with E-state index in [0.29, 0.717) is 16.7 Å². The van der Waals surface area contributed by atoms with Crippen LogP contribution < -0.4 is 5.32 Å². The summed E-state index contributed by atoms with van der Waals surface area (Å²) >= 11 is 8.21. The fourth-order valence-electron chi connectivity index (χ4n) is 4.07. The van der Waals surface area contributed by atoms with Crippen LogP contribution in [0.5, 0.6) is 0 Å². The van der Waals surface area contributed by atoms with Crippen LogP contribution in [0.15, 0.2) is 24.3 Å². The Hall–Kier alpha value is -0.180. The summed E-state index contributed by atoms with van der Waals surface area (Å²) in [4.78, 5) is 0. The molecule has 3 heteroatoms. The van der Waals surface area contributed by atoms with Crippen molar-refractivity contribution in [3.05, 3.63) is 34.9 Å². The SMILES string of the molecule is CC1(C)CCSCC12CCNCC2c1ccc(Cl)cc1. The highest BCUT2D eigenvalue weighted by Crippen LogP contribution is 2.58. The van der Waals surface area contributed by atoms with Crippen molar-refractivity contribution in [3.8, 4) is 0 Å². The first kappa shape index (κ1) is 14.7. The molecule has 0 radical (unpaired) electrons. The maximum atomic E-state index is 6.06. The molecule has 0 bridgehead atoms. The van der Waals surface area contributed by atoms with Gasteiger partial charge in [0.05, 0.1) is 0 Å². The zero-order valence-electron chi connectivity index (χ0n) is 12.4. The third-order valence-corrected chi connectivity index (χ3v) is 7.08. The van der Waals surface area contributed by atoms with Gasteiger partial charge >= 0.3 is 0 Å². The summed E-state index contributed by atoms with van der Waals surface area (Å²) in [5.41, 5.74) is 2.30. The summed E-state index contributed by atoms with van der Waals surface area (Å²) in [5.74, 6) is 3.22. The maximum Gasteiger partial charge on any atom is 0.0406 e. The Kier molecular flexibility index (Phi) is 4.09. The van der Waals surface area contributed by atoms with Gasteiger partial charge in [-0.3, -0.25) is 0 Å². The van der Waals surface area contributed by atoms with Gasteiger partial charge in [-0.15, -0.1) is 0 Å². The third kappa shape index (κ3) is 2.40. The molecular formula is C17H24ClNS. The number of halogens is 1. The van der Waals surface area contributed by atoms with Crippen LogP contribution in [-0.2, 0) is 0 Å². The second-order valence-corrected chi connectivity index (χ2v) is 8.44. The molecular weight excluding hydrogens is 286 g/mol. The summed E-state index contributed by atoms with van der Waals surface area (Å²) < 4.78 is 0. The number of thioether (sulfide) groups is 1. The van der Waals surface area contributed by atoms with Crippen LogP contribution in [0.1, 0.15) is 38.2 Å². The predicted molar refractivity (Wildman–Crippen MR) is 89.8 cm³/mol. The molecule has 1 nitrogen and oxygen atoms in total. The normalized spacial score (nSPS) is 33.2. The van der Waals surface area contributed by atoms with Gasteiger partial charge < -0.3 is 5.32 Å². The van der Waals surface area contributed by atoms with Gasteiger partial charge in [0, 0.05) is 23.2 Å². The molecule has 0 aromatic heterocycles. The van der Waals surface area contributed by atoms with Crippen molar-refractivity contribution in [1.29, 1.82) is 0 Å². The van der Waals surface area contributed by atoms with Gasteiger partial charge in [0.25, 0.3) is 0 Å². The van der Waals surface area contributed by atoms with E-state index in [1.165, 1.54) is 29.9 Å². The van der Waals surface area contributed by atoms with Gasteiger partial charge in [0.15, 0.2) is 0 Å². The van der Waals surface area contributed by atoms with Gasteiger partial charge in [0.1, 0.15) is 0 Å². The van der Waals surface area contributed by atoms with Gasteiger partial charge in [-0.1, -0.05) is 37.6 Å². The summed E-state index contributed by atoms with van der Waals surface area (Å²) in [6.07, 6.45) is 2.63. The van der Waals surface area contributed by atoms with Crippen LogP contribution in [-0.4, -0.2) is 24.6 Å². The van der Waals surface area contributed by atoms with Crippen molar-refractivity contribution in [2.45, 2.75) is 32.6 Å². The van der Waals surface area contributed by atoms with Crippen LogP contribution >= 0.6 is 23.4 Å². The van der Waals surface area contributed by atoms with Crippen molar-refractivity contribution >= 4 is 23.4 Å². The number of hydrogen-bond acceptors (Lipinski definition) is 2. The molecule has 2 atom stereocenters. The second-order valence-electron chi connectivity index (χ2n) is 6.90. The molecule has 0 aliphatic carbocycles. The minimum Gasteiger partial charge on any atom is -0.316 e. The van der Waals surface area contributed by atoms with Crippen molar-refractivity contribution in [1.82, 2.24) is 5.32 Å². The minimum atomic E-state index is 0.421. The summed E-state index contributed by atoms with van der Waals surface area (Å²) in [7, 11) is 0. The summed E-state index contributed by atoms with van der Waals surface area (Å²) in [6.45, 7) is 7.24. The van der Waals surface area contributed by atoms with Crippen LogP contribution in [0.25, 0.3) is 0 Å². The average Bonchev–Trinajstić information content (AvgIpc) is 2.44. The fraction of sp³-hybridized carbons (Fsp3) is 0.647. The number of benzene rings is 1. The first-order chi connectivity index (χ1) is 9.55. The minimum absolute atomic E-state index is 0.421. The highest BCUT2D eigenvalue weighted by atomic mass is 35.5. The maximum absolute atomic E-state index is 6.06. The zero-order chi connectivity index (χ0) is 14.2. The van der Waals surface area contributed by atoms with Crippen LogP contribution in [0, 0.1) is 10.8 Å². The van der Waals surface area contributed by atoms with Gasteiger partial charge in [-0.25, -0.2) is 0 Å². The standard InChI is InChI=1S/C17H24ClNS/c1-16(2)8-10-20-12-17(16)7-9-19-11-15(17)13-3-5-14(18)6-4-13/h3-6,15,19H,7-12H2,1-2H3. The predicted octanol–water partition coefficient (Wildman–Crippen LogP) is 4.57. The van der Waals surface area contributed by atoms with Crippen LogP contribution in [0.2, 0.25) is 5.02 Å². The van der Waals surface area contributed by atoms with E-state index in [2.05, 4.69) is 43.1 Å². The van der Waals surface area contributed by atoms with Crippen LogP contribution in [0.3, 0.4) is 0 Å². The Morgan fingerprint density at radius 2 is 1.95 bits per heavy atom. The lowest BCUT2D eigenvalue weighted by molar-refractivity contribution is 0.0255. The fourth-order valence-corrected chi connectivity index (χ4v) is 6.09. The first-order valence-corrected chi connectivity index (χ1v) is 9.12. The Labute approximate surface area is 131 Å². The Balaban J connectivity index is 2.00. The Bertz CT molecular complexity index is 464. The quantitative estimate of drug-likeness (QED) is 0.815. The molecule has 1 aromatic carbocycles. The van der Waals surface area contributed by atoms with E-state index < -0.39 is 0 Å². The van der Waals surface area contributed by atoms with E-state index in [1.54, 1.807) is 0 Å². The van der Waals surface area contributed by atoms with E-state index in [9.17, 15) is 0 Å². The Morgan fingerprint density at radius 1 is 1.20 bits per heavy atom. The molecule has 3 rings (SSSR count). The molecule has 110 valence electrons. The van der Waals surface area contributed by atoms with Gasteiger partial charge in [0.2, 0.25) is 0 Å². The van der Waals surface area contributed by atoms with E-state index >= 15 is 0 Å². The third-order valence-electron chi connectivity index (χ3n) is 5.61.